The lowest BCUT2D eigenvalue weighted by Crippen LogP contribution is -2.32. The maximum Gasteiger partial charge on any atom is 0.0447 e. The van der Waals surface area contributed by atoms with Crippen LogP contribution < -0.4 is 10.2 Å². The molecule has 1 N–H and O–H groups in total. The molecule has 0 aromatic carbocycles. The van der Waals surface area contributed by atoms with Gasteiger partial charge < -0.3 is 10.2 Å². The van der Waals surface area contributed by atoms with Crippen LogP contribution in [-0.2, 0) is 6.54 Å². The fraction of sp³-hybridized carbons (Fsp3) is 0.667. The van der Waals surface area contributed by atoms with Crippen molar-refractivity contribution >= 4 is 5.69 Å². The van der Waals surface area contributed by atoms with Crippen LogP contribution >= 0.6 is 0 Å². The molecule has 0 spiro atoms. The van der Waals surface area contributed by atoms with Crippen molar-refractivity contribution in [2.75, 3.05) is 18.0 Å². The summed E-state index contributed by atoms with van der Waals surface area (Å²) in [6.45, 7) is 13.9. The lowest BCUT2D eigenvalue weighted by molar-refractivity contribution is 0.659. The molecule has 0 unspecified atom stereocenters. The Morgan fingerprint density at radius 1 is 1.33 bits per heavy atom. The number of aryl methyl sites for hydroxylation is 1. The molecule has 0 saturated carbocycles. The number of pyridine rings is 1. The maximum atomic E-state index is 4.43. The van der Waals surface area contributed by atoms with E-state index in [1.54, 1.807) is 0 Å². The second-order valence-electron chi connectivity index (χ2n) is 5.01. The Morgan fingerprint density at radius 2 is 2.06 bits per heavy atom. The third kappa shape index (κ3) is 3.98. The van der Waals surface area contributed by atoms with Gasteiger partial charge in [-0.3, -0.25) is 4.98 Å². The van der Waals surface area contributed by atoms with Crippen LogP contribution in [0.25, 0.3) is 0 Å². The van der Waals surface area contributed by atoms with E-state index >= 15 is 0 Å². The van der Waals surface area contributed by atoms with Gasteiger partial charge in [-0.25, -0.2) is 0 Å². The highest BCUT2D eigenvalue weighted by Crippen LogP contribution is 2.22. The predicted molar refractivity (Wildman–Crippen MR) is 79.1 cm³/mol. The predicted octanol–water partition coefficient (Wildman–Crippen LogP) is 3.12. The Balaban J connectivity index is 2.94. The van der Waals surface area contributed by atoms with Gasteiger partial charge in [-0.2, -0.15) is 0 Å². The van der Waals surface area contributed by atoms with E-state index in [4.69, 9.17) is 0 Å². The van der Waals surface area contributed by atoms with Gasteiger partial charge in [0.1, 0.15) is 0 Å². The fourth-order valence-electron chi connectivity index (χ4n) is 2.19. The zero-order valence-corrected chi connectivity index (χ0v) is 12.5. The molecular formula is C15H27N3. The lowest BCUT2D eigenvalue weighted by Gasteiger charge is -2.30. The molecule has 1 heterocycles. The Labute approximate surface area is 112 Å². The molecule has 1 rings (SSSR count). The zero-order chi connectivity index (χ0) is 13.5. The number of nitrogens with zero attached hydrogens (tertiary/aromatic N) is 2. The van der Waals surface area contributed by atoms with Crippen LogP contribution in [0.5, 0.6) is 0 Å². The van der Waals surface area contributed by atoms with E-state index in [1.807, 2.05) is 6.20 Å². The molecule has 3 heteroatoms. The molecule has 1 aromatic heterocycles. The molecule has 3 nitrogen and oxygen atoms in total. The summed E-state index contributed by atoms with van der Waals surface area (Å²) in [5.41, 5.74) is 3.71. The molecular weight excluding hydrogens is 222 g/mol. The minimum atomic E-state index is 0.515. The molecule has 1 aromatic rings. The van der Waals surface area contributed by atoms with Crippen molar-refractivity contribution < 1.29 is 0 Å². The van der Waals surface area contributed by atoms with Crippen molar-refractivity contribution in [3.8, 4) is 0 Å². The van der Waals surface area contributed by atoms with E-state index in [0.717, 1.165) is 31.7 Å². The fourth-order valence-corrected chi connectivity index (χ4v) is 2.19. The number of nitrogens with one attached hydrogen (secondary N) is 1. The second-order valence-corrected chi connectivity index (χ2v) is 5.01. The zero-order valence-electron chi connectivity index (χ0n) is 12.5. The van der Waals surface area contributed by atoms with Gasteiger partial charge in [0.2, 0.25) is 0 Å². The number of hydrogen-bond acceptors (Lipinski definition) is 3. The maximum absolute atomic E-state index is 4.43. The first-order valence-corrected chi connectivity index (χ1v) is 7.03. The lowest BCUT2D eigenvalue weighted by atomic mass is 10.1. The van der Waals surface area contributed by atoms with Crippen molar-refractivity contribution in [1.29, 1.82) is 0 Å². The molecule has 18 heavy (non-hydrogen) atoms. The highest BCUT2D eigenvalue weighted by Gasteiger charge is 2.13. The topological polar surface area (TPSA) is 28.2 Å². The first-order chi connectivity index (χ1) is 8.60. The average Bonchev–Trinajstić information content (AvgIpc) is 2.32. The monoisotopic (exact) mass is 249 g/mol. The third-order valence-electron chi connectivity index (χ3n) is 3.11. The summed E-state index contributed by atoms with van der Waals surface area (Å²) >= 11 is 0. The molecule has 0 aliphatic carbocycles. The van der Waals surface area contributed by atoms with Crippen molar-refractivity contribution in [3.63, 3.8) is 0 Å². The highest BCUT2D eigenvalue weighted by molar-refractivity contribution is 5.54. The van der Waals surface area contributed by atoms with Crippen LogP contribution in [-0.4, -0.2) is 24.1 Å². The van der Waals surface area contributed by atoms with Crippen LogP contribution in [0.1, 0.15) is 45.4 Å². The summed E-state index contributed by atoms with van der Waals surface area (Å²) in [6.07, 6.45) is 3.18. The van der Waals surface area contributed by atoms with Crippen LogP contribution in [0.3, 0.4) is 0 Å². The molecule has 0 radical (unpaired) electrons. The quantitative estimate of drug-likeness (QED) is 0.753. The number of anilines is 1. The molecule has 0 bridgehead atoms. The van der Waals surface area contributed by atoms with E-state index < -0.39 is 0 Å². The largest absolute Gasteiger partial charge is 0.369 e. The van der Waals surface area contributed by atoms with E-state index in [0.29, 0.717) is 6.04 Å². The van der Waals surface area contributed by atoms with E-state index in [1.165, 1.54) is 11.3 Å². The van der Waals surface area contributed by atoms with Gasteiger partial charge in [0, 0.05) is 42.3 Å². The molecule has 0 aliphatic rings. The summed E-state index contributed by atoms with van der Waals surface area (Å²) in [6, 6.07) is 2.72. The van der Waals surface area contributed by atoms with Crippen LogP contribution in [0.4, 0.5) is 5.69 Å². The first-order valence-electron chi connectivity index (χ1n) is 7.03. The van der Waals surface area contributed by atoms with Crippen LogP contribution in [0.2, 0.25) is 0 Å². The SMILES string of the molecule is CCCNCc1cnc(C)cc1N(CC)C(C)C. The second kappa shape index (κ2) is 7.37. The summed E-state index contributed by atoms with van der Waals surface area (Å²) < 4.78 is 0. The average molecular weight is 249 g/mol. The van der Waals surface area contributed by atoms with Gasteiger partial charge in [0.25, 0.3) is 0 Å². The minimum absolute atomic E-state index is 0.515. The van der Waals surface area contributed by atoms with Gasteiger partial charge in [-0.1, -0.05) is 6.92 Å². The Morgan fingerprint density at radius 3 is 2.61 bits per heavy atom. The van der Waals surface area contributed by atoms with Gasteiger partial charge in [-0.15, -0.1) is 0 Å². The van der Waals surface area contributed by atoms with Crippen LogP contribution in [0.15, 0.2) is 12.3 Å². The van der Waals surface area contributed by atoms with Gasteiger partial charge >= 0.3 is 0 Å². The van der Waals surface area contributed by atoms with Gasteiger partial charge in [-0.05, 0) is 46.7 Å². The minimum Gasteiger partial charge on any atom is -0.369 e. The molecule has 0 atom stereocenters. The molecule has 0 aliphatic heterocycles. The molecule has 0 fully saturated rings. The smallest absolute Gasteiger partial charge is 0.0447 e. The summed E-state index contributed by atoms with van der Waals surface area (Å²) in [7, 11) is 0. The van der Waals surface area contributed by atoms with Crippen LogP contribution in [0, 0.1) is 6.92 Å². The number of hydrogen-bond donors (Lipinski definition) is 1. The highest BCUT2D eigenvalue weighted by atomic mass is 15.2. The summed E-state index contributed by atoms with van der Waals surface area (Å²) in [5, 5.41) is 3.46. The normalized spacial score (nSPS) is 11.0. The summed E-state index contributed by atoms with van der Waals surface area (Å²) in [4.78, 5) is 6.86. The number of rotatable bonds is 7. The standard InChI is InChI=1S/C15H27N3/c1-6-8-16-10-14-11-17-13(5)9-15(14)18(7-2)12(3)4/h9,11-12,16H,6-8,10H2,1-5H3. The molecule has 0 saturated heterocycles. The Bertz CT molecular complexity index is 361. The van der Waals surface area contributed by atoms with Crippen molar-refractivity contribution in [1.82, 2.24) is 10.3 Å². The molecule has 0 amide bonds. The third-order valence-corrected chi connectivity index (χ3v) is 3.11. The van der Waals surface area contributed by atoms with Crippen molar-refractivity contribution in [2.45, 2.75) is 53.6 Å². The Kier molecular flexibility index (Phi) is 6.13. The van der Waals surface area contributed by atoms with E-state index in [9.17, 15) is 0 Å². The summed E-state index contributed by atoms with van der Waals surface area (Å²) in [5.74, 6) is 0. The van der Waals surface area contributed by atoms with E-state index in [2.05, 4.69) is 55.9 Å². The first kappa shape index (κ1) is 15.0. The van der Waals surface area contributed by atoms with Crippen molar-refractivity contribution in [3.05, 3.63) is 23.5 Å². The van der Waals surface area contributed by atoms with Gasteiger partial charge in [0.05, 0.1) is 0 Å². The van der Waals surface area contributed by atoms with Crippen molar-refractivity contribution in [2.24, 2.45) is 0 Å². The van der Waals surface area contributed by atoms with E-state index in [-0.39, 0.29) is 0 Å². The Hall–Kier alpha value is -1.09. The molecule has 102 valence electrons. The van der Waals surface area contributed by atoms with Gasteiger partial charge in [0.15, 0.2) is 0 Å². The number of aromatic nitrogens is 1.